The van der Waals surface area contributed by atoms with Crippen molar-refractivity contribution in [2.45, 2.75) is 45.7 Å². The number of aliphatic imine (C=N–C) groups is 1. The van der Waals surface area contributed by atoms with E-state index in [2.05, 4.69) is 6.07 Å². The second kappa shape index (κ2) is 14.5. The van der Waals surface area contributed by atoms with Crippen LogP contribution in [0.3, 0.4) is 0 Å². The van der Waals surface area contributed by atoms with E-state index in [4.69, 9.17) is 38.7 Å². The summed E-state index contributed by atoms with van der Waals surface area (Å²) in [4.78, 5) is 36.9. The Labute approximate surface area is 281 Å². The minimum atomic E-state index is -0.750. The normalized spacial score (nSPS) is 18.4. The molecule has 2 atom stereocenters. The van der Waals surface area contributed by atoms with Gasteiger partial charge in [0.1, 0.15) is 17.6 Å². The van der Waals surface area contributed by atoms with Crippen molar-refractivity contribution in [1.82, 2.24) is 14.7 Å². The lowest BCUT2D eigenvalue weighted by atomic mass is 9.85. The van der Waals surface area contributed by atoms with Gasteiger partial charge in [-0.05, 0) is 73.9 Å². The van der Waals surface area contributed by atoms with Crippen molar-refractivity contribution in [2.75, 3.05) is 39.3 Å². The molecule has 0 bridgehead atoms. The van der Waals surface area contributed by atoms with Crippen molar-refractivity contribution >= 4 is 41.0 Å². The second-order valence-corrected chi connectivity index (χ2v) is 12.6. The van der Waals surface area contributed by atoms with Crippen molar-refractivity contribution < 1.29 is 14.3 Å². The maximum absolute atomic E-state index is 14.7. The molecule has 2 aliphatic heterocycles. The van der Waals surface area contributed by atoms with E-state index in [1.54, 1.807) is 9.80 Å². The van der Waals surface area contributed by atoms with Gasteiger partial charge in [-0.15, -0.1) is 0 Å². The van der Waals surface area contributed by atoms with Gasteiger partial charge >= 0.3 is 6.03 Å². The molecule has 0 aliphatic carbocycles. The molecular formula is C35H40Cl2N6O3. The lowest BCUT2D eigenvalue weighted by Gasteiger charge is -2.38. The number of rotatable bonds is 8. The smallest absolute Gasteiger partial charge is 0.326 e. The predicted octanol–water partition coefficient (Wildman–Crippen LogP) is 6.60. The van der Waals surface area contributed by atoms with Crippen molar-refractivity contribution in [3.63, 3.8) is 0 Å². The number of nitrogens with two attached hydrogens (primary N) is 1. The zero-order valence-electron chi connectivity index (χ0n) is 25.5. The van der Waals surface area contributed by atoms with Crippen LogP contribution in [0.1, 0.15) is 62.5 Å². The first-order valence-corrected chi connectivity index (χ1v) is 15.6. The van der Waals surface area contributed by atoms with Crippen molar-refractivity contribution in [1.29, 1.82) is 5.26 Å². The SMILES string of the molecule is C.CCOc1cc(C(C)(C)C#N)ccc1C1=N[C@@H](c2ccc(Cl)cc2)[C@@H](c2ccc(Cl)cc2)N1C(=O)N1CCN(CC(N)=O)CC1. The van der Waals surface area contributed by atoms with Crippen LogP contribution in [0.5, 0.6) is 5.75 Å². The first-order valence-electron chi connectivity index (χ1n) is 14.9. The highest BCUT2D eigenvalue weighted by molar-refractivity contribution is 6.30. The molecule has 0 spiro atoms. The van der Waals surface area contributed by atoms with Crippen LogP contribution in [0, 0.1) is 11.3 Å². The van der Waals surface area contributed by atoms with Gasteiger partial charge in [-0.1, -0.05) is 61.0 Å². The lowest BCUT2D eigenvalue weighted by molar-refractivity contribution is -0.119. The number of nitriles is 1. The number of benzene rings is 3. The van der Waals surface area contributed by atoms with Gasteiger partial charge in [-0.25, -0.2) is 4.79 Å². The molecule has 9 nitrogen and oxygen atoms in total. The standard InChI is InChI=1S/C34H36Cl2N6O3.CH4/c1-4-45-28-19-24(34(2,3)21-37)9-14-27(28)32-39-30(22-5-10-25(35)11-6-22)31(23-7-12-26(36)13-8-23)42(32)33(44)41-17-15-40(16-18-41)20-29(38)43;/h5-14,19,30-31H,4,15-18,20H2,1-3H3,(H2,38,43);1H4/t30-,31+;/m0./s1. The highest BCUT2D eigenvalue weighted by Gasteiger charge is 2.45. The fourth-order valence-electron chi connectivity index (χ4n) is 5.76. The van der Waals surface area contributed by atoms with Crippen LogP contribution in [0.2, 0.25) is 10.0 Å². The third-order valence-electron chi connectivity index (χ3n) is 8.24. The van der Waals surface area contributed by atoms with Gasteiger partial charge < -0.3 is 15.4 Å². The number of carbonyl (C=O) groups is 2. The van der Waals surface area contributed by atoms with E-state index in [0.717, 1.165) is 16.7 Å². The molecule has 1 saturated heterocycles. The molecule has 242 valence electrons. The van der Waals surface area contributed by atoms with Gasteiger partial charge in [-0.2, -0.15) is 5.26 Å². The molecule has 3 aromatic rings. The third-order valence-corrected chi connectivity index (χ3v) is 8.75. The minimum absolute atomic E-state index is 0. The van der Waals surface area contributed by atoms with Gasteiger partial charge in [0.2, 0.25) is 5.91 Å². The van der Waals surface area contributed by atoms with Gasteiger partial charge in [0, 0.05) is 36.2 Å². The summed E-state index contributed by atoms with van der Waals surface area (Å²) in [6.07, 6.45) is 0. The van der Waals surface area contributed by atoms with Gasteiger partial charge in [0.25, 0.3) is 0 Å². The average molecular weight is 664 g/mol. The van der Waals surface area contributed by atoms with Crippen molar-refractivity contribution in [3.05, 3.63) is 99.0 Å². The molecular weight excluding hydrogens is 623 g/mol. The molecule has 11 heteroatoms. The topological polar surface area (TPSA) is 115 Å². The fourth-order valence-corrected chi connectivity index (χ4v) is 6.01. The second-order valence-electron chi connectivity index (χ2n) is 11.7. The molecule has 3 amide bonds. The number of ether oxygens (including phenoxy) is 1. The lowest BCUT2D eigenvalue weighted by Crippen LogP contribution is -2.55. The first kappa shape index (κ1) is 34.8. The molecule has 0 radical (unpaired) electrons. The number of carbonyl (C=O) groups excluding carboxylic acids is 2. The maximum atomic E-state index is 14.7. The van der Waals surface area contributed by atoms with E-state index >= 15 is 0 Å². The molecule has 3 aromatic carbocycles. The molecule has 0 saturated carbocycles. The molecule has 2 aliphatic rings. The average Bonchev–Trinajstić information content (AvgIpc) is 3.42. The number of urea groups is 1. The van der Waals surface area contributed by atoms with Crippen LogP contribution in [0.4, 0.5) is 4.79 Å². The highest BCUT2D eigenvalue weighted by atomic mass is 35.5. The number of halogens is 2. The molecule has 0 aromatic heterocycles. The molecule has 2 heterocycles. The summed E-state index contributed by atoms with van der Waals surface area (Å²) in [5, 5.41) is 11.0. The van der Waals surface area contributed by atoms with E-state index < -0.39 is 23.4 Å². The third kappa shape index (κ3) is 7.31. The summed E-state index contributed by atoms with van der Waals surface area (Å²) in [7, 11) is 0. The Kier molecular flexibility index (Phi) is 11.0. The number of hydrogen-bond donors (Lipinski definition) is 1. The number of nitrogens with zero attached hydrogens (tertiary/aromatic N) is 5. The summed E-state index contributed by atoms with van der Waals surface area (Å²) in [6.45, 7) is 8.00. The van der Waals surface area contributed by atoms with Crippen LogP contribution >= 0.6 is 23.2 Å². The van der Waals surface area contributed by atoms with E-state index in [-0.39, 0.29) is 20.0 Å². The number of amidine groups is 1. The summed E-state index contributed by atoms with van der Waals surface area (Å²) < 4.78 is 6.14. The van der Waals surface area contributed by atoms with Crippen LogP contribution in [0.25, 0.3) is 0 Å². The molecule has 46 heavy (non-hydrogen) atoms. The number of primary amides is 1. The van der Waals surface area contributed by atoms with Crippen LogP contribution in [0.15, 0.2) is 71.7 Å². The van der Waals surface area contributed by atoms with Gasteiger partial charge in [-0.3, -0.25) is 19.6 Å². The quantitative estimate of drug-likeness (QED) is 0.292. The Bertz CT molecular complexity index is 1630. The highest BCUT2D eigenvalue weighted by Crippen LogP contribution is 2.46. The Morgan fingerprint density at radius 2 is 1.57 bits per heavy atom. The van der Waals surface area contributed by atoms with Gasteiger partial charge in [0.15, 0.2) is 0 Å². The van der Waals surface area contributed by atoms with Crippen molar-refractivity contribution in [3.8, 4) is 11.8 Å². The molecule has 5 rings (SSSR count). The number of piperazine rings is 1. The Morgan fingerprint density at radius 3 is 2.11 bits per heavy atom. The number of hydrogen-bond acceptors (Lipinski definition) is 6. The minimum Gasteiger partial charge on any atom is -0.493 e. The van der Waals surface area contributed by atoms with Crippen LogP contribution < -0.4 is 10.5 Å². The monoisotopic (exact) mass is 662 g/mol. The van der Waals surface area contributed by atoms with E-state index in [1.807, 2.05) is 92.4 Å². The maximum Gasteiger partial charge on any atom is 0.326 e. The summed E-state index contributed by atoms with van der Waals surface area (Å²) >= 11 is 12.6. The molecule has 0 unspecified atom stereocenters. The van der Waals surface area contributed by atoms with Crippen LogP contribution in [-0.2, 0) is 10.2 Å². The molecule has 1 fully saturated rings. The Hall–Kier alpha value is -4.10. The predicted molar refractivity (Wildman–Crippen MR) is 182 cm³/mol. The van der Waals surface area contributed by atoms with Gasteiger partial charge in [0.05, 0.1) is 36.2 Å². The summed E-state index contributed by atoms with van der Waals surface area (Å²) in [6, 6.07) is 21.7. The fraction of sp³-hybridized carbons (Fsp3) is 0.371. The Morgan fingerprint density at radius 1 is 0.978 bits per heavy atom. The zero-order chi connectivity index (χ0) is 32.3. The summed E-state index contributed by atoms with van der Waals surface area (Å²) in [5.74, 6) is 0.598. The van der Waals surface area contributed by atoms with E-state index in [9.17, 15) is 14.9 Å². The summed E-state index contributed by atoms with van der Waals surface area (Å²) in [5.41, 5.74) is 7.86. The van der Waals surface area contributed by atoms with Crippen molar-refractivity contribution in [2.24, 2.45) is 10.7 Å². The Balaban J connectivity index is 0.00000480. The largest absolute Gasteiger partial charge is 0.493 e. The van der Waals surface area contributed by atoms with E-state index in [1.165, 1.54) is 0 Å². The first-order chi connectivity index (χ1) is 21.5. The number of amides is 3. The molecule has 2 N–H and O–H groups in total. The van der Waals surface area contributed by atoms with E-state index in [0.29, 0.717) is 60.0 Å². The van der Waals surface area contributed by atoms with Crippen LogP contribution in [-0.4, -0.2) is 71.8 Å². The zero-order valence-corrected chi connectivity index (χ0v) is 27.1.